The van der Waals surface area contributed by atoms with Crippen molar-refractivity contribution in [3.8, 4) is 11.8 Å². The van der Waals surface area contributed by atoms with Gasteiger partial charge in [0, 0.05) is 25.7 Å². The number of benzene rings is 1. The molecule has 1 aromatic carbocycles. The van der Waals surface area contributed by atoms with Crippen molar-refractivity contribution in [2.24, 2.45) is 0 Å². The van der Waals surface area contributed by atoms with Gasteiger partial charge in [-0.15, -0.1) is 0 Å². The van der Waals surface area contributed by atoms with Gasteiger partial charge < -0.3 is 29.9 Å². The number of nitrogens with one attached hydrogen (secondary N) is 1. The number of aliphatic hydroxyl groups excluding tert-OH is 2. The Hall–Kier alpha value is -3.61. The predicted molar refractivity (Wildman–Crippen MR) is 165 cm³/mol. The topological polar surface area (TPSA) is 207 Å². The first-order valence-corrected chi connectivity index (χ1v) is 15.9. The second-order valence-electron chi connectivity index (χ2n) is 10.9. The van der Waals surface area contributed by atoms with Crippen LogP contribution in [-0.4, -0.2) is 92.4 Å². The number of carbonyl (C=O) groups excluding carboxylic acids is 1. The van der Waals surface area contributed by atoms with E-state index in [2.05, 4.69) is 20.1 Å². The van der Waals surface area contributed by atoms with Crippen LogP contribution in [0.1, 0.15) is 46.4 Å². The molecule has 0 aliphatic carbocycles. The summed E-state index contributed by atoms with van der Waals surface area (Å²) in [4.78, 5) is 18.9. The molecule has 0 bridgehead atoms. The molecule has 16 heteroatoms. The van der Waals surface area contributed by atoms with Crippen LogP contribution in [0.25, 0.3) is 5.52 Å². The molecule has 15 nitrogen and oxygen atoms in total. The van der Waals surface area contributed by atoms with Crippen LogP contribution in [0.5, 0.6) is 5.75 Å². The van der Waals surface area contributed by atoms with E-state index in [-0.39, 0.29) is 36.0 Å². The molecule has 2 heterocycles. The van der Waals surface area contributed by atoms with Gasteiger partial charge in [0.1, 0.15) is 55.1 Å². The van der Waals surface area contributed by atoms with Gasteiger partial charge in [0.25, 0.3) is 0 Å². The Morgan fingerprint density at radius 1 is 1.16 bits per heavy atom. The molecule has 0 saturated heterocycles. The highest BCUT2D eigenvalue weighted by Gasteiger charge is 2.47. The van der Waals surface area contributed by atoms with Crippen molar-refractivity contribution in [3.05, 3.63) is 54.5 Å². The summed E-state index contributed by atoms with van der Waals surface area (Å²) in [7, 11) is -3.34. The Kier molecular flexibility index (Phi) is 12.4. The zero-order valence-electron chi connectivity index (χ0n) is 26.2. The van der Waals surface area contributed by atoms with Gasteiger partial charge in [-0.05, 0) is 58.9 Å². The molecular weight excluding hydrogens is 605 g/mol. The quantitative estimate of drug-likeness (QED) is 0.123. The van der Waals surface area contributed by atoms with Gasteiger partial charge in [0.05, 0.1) is 5.69 Å². The first-order valence-electron chi connectivity index (χ1n) is 14.4. The summed E-state index contributed by atoms with van der Waals surface area (Å²) in [6, 6.07) is 12.1. The van der Waals surface area contributed by atoms with E-state index in [1.807, 2.05) is 33.8 Å². The first-order chi connectivity index (χ1) is 21.3. The first kappa shape index (κ1) is 35.9. The molecule has 0 radical (unpaired) electrons. The number of hydrogen-bond donors (Lipinski definition) is 4. The van der Waals surface area contributed by atoms with Crippen LogP contribution < -0.4 is 15.3 Å². The number of ether oxygens (including phenoxy) is 2. The van der Waals surface area contributed by atoms with Crippen molar-refractivity contribution >= 4 is 25.1 Å². The Morgan fingerprint density at radius 2 is 1.82 bits per heavy atom. The van der Waals surface area contributed by atoms with Crippen molar-refractivity contribution in [2.75, 3.05) is 32.6 Å². The second-order valence-corrected chi connectivity index (χ2v) is 12.6. The largest absolute Gasteiger partial charge is 0.463 e. The summed E-state index contributed by atoms with van der Waals surface area (Å²) in [6.45, 7) is 9.35. The third-order valence-corrected chi connectivity index (χ3v) is 8.81. The lowest BCUT2D eigenvalue weighted by atomic mass is 9.93. The number of carbonyl (C=O) groups is 1. The molecule has 45 heavy (non-hydrogen) atoms. The monoisotopic (exact) mass is 647 g/mol. The van der Waals surface area contributed by atoms with E-state index >= 15 is 0 Å². The number of rotatable bonds is 17. The zero-order valence-corrected chi connectivity index (χ0v) is 27.1. The lowest BCUT2D eigenvalue weighted by Crippen LogP contribution is -2.50. The molecule has 3 aromatic rings. The van der Waals surface area contributed by atoms with E-state index in [1.54, 1.807) is 18.2 Å². The fourth-order valence-corrected chi connectivity index (χ4v) is 6.21. The van der Waals surface area contributed by atoms with E-state index in [0.29, 0.717) is 12.1 Å². The molecule has 5 N–H and O–H groups in total. The number of nitriles is 1. The maximum Gasteiger partial charge on any atom is 0.459 e. The molecule has 246 valence electrons. The highest BCUT2D eigenvalue weighted by molar-refractivity contribution is 7.52. The molecule has 0 aliphatic heterocycles. The lowest BCUT2D eigenvalue weighted by Gasteiger charge is -2.34. The number of esters is 1. The smallest absolute Gasteiger partial charge is 0.459 e. The van der Waals surface area contributed by atoms with E-state index in [9.17, 15) is 24.8 Å². The van der Waals surface area contributed by atoms with Crippen molar-refractivity contribution in [1.82, 2.24) is 24.6 Å². The standard InChI is InChI=1S/C29H42N7O8P/c1-19(2)35(20(3)4)14-15-42-28(39)21(5)34-45(40,44-22-10-8-7-9-11-22)43-17-29(16-30,41-6)26(38)25(37)23-12-13-24-27(31)32-18-33-36(23)24/h7-13,18-21,25-26,37-38H,14-15,17H2,1-6H3,(H,34,40)(H2,31,32,33)/t21-,25-,26-,29+,45?/m0/s1. The highest BCUT2D eigenvalue weighted by atomic mass is 31.2. The molecule has 0 saturated carbocycles. The van der Waals surface area contributed by atoms with Crippen LogP contribution in [0.4, 0.5) is 5.82 Å². The Balaban J connectivity index is 1.80. The molecule has 0 fully saturated rings. The summed E-state index contributed by atoms with van der Waals surface area (Å²) >= 11 is 0. The summed E-state index contributed by atoms with van der Waals surface area (Å²) in [5.41, 5.74) is 4.05. The molecule has 5 atom stereocenters. The van der Waals surface area contributed by atoms with Crippen molar-refractivity contribution < 1.29 is 38.1 Å². The number of anilines is 1. The van der Waals surface area contributed by atoms with Gasteiger partial charge in [-0.3, -0.25) is 14.2 Å². The Labute approximate surface area is 262 Å². The number of methoxy groups -OCH3 is 1. The number of hydrogen-bond acceptors (Lipinski definition) is 13. The molecule has 0 spiro atoms. The van der Waals surface area contributed by atoms with Crippen LogP contribution in [-0.2, 0) is 23.4 Å². The summed E-state index contributed by atoms with van der Waals surface area (Å²) in [5.74, 6) is -0.441. The number of nitrogens with two attached hydrogens (primary N) is 1. The average Bonchev–Trinajstić information content (AvgIpc) is 3.45. The number of fused-ring (bicyclic) bond motifs is 1. The maximum atomic E-state index is 14.1. The number of aliphatic hydroxyl groups is 2. The Bertz CT molecular complexity index is 1490. The van der Waals surface area contributed by atoms with Gasteiger partial charge in [0.15, 0.2) is 5.82 Å². The minimum absolute atomic E-state index is 0.0787. The average molecular weight is 648 g/mol. The van der Waals surface area contributed by atoms with E-state index in [1.165, 1.54) is 42.0 Å². The molecule has 3 rings (SSSR count). The summed E-state index contributed by atoms with van der Waals surface area (Å²) in [5, 5.41) is 39.0. The van der Waals surface area contributed by atoms with Gasteiger partial charge >= 0.3 is 13.7 Å². The second kappa shape index (κ2) is 15.6. The van der Waals surface area contributed by atoms with Crippen molar-refractivity contribution in [3.63, 3.8) is 0 Å². The number of para-hydroxylation sites is 1. The summed E-state index contributed by atoms with van der Waals surface area (Å²) in [6.07, 6.45) is -2.52. The van der Waals surface area contributed by atoms with Gasteiger partial charge in [-0.1, -0.05) is 18.2 Å². The van der Waals surface area contributed by atoms with Gasteiger partial charge in [-0.25, -0.2) is 14.1 Å². The normalized spacial score (nSPS) is 16.6. The third kappa shape index (κ3) is 8.77. The molecule has 0 aliphatic rings. The fraction of sp³-hybridized carbons (Fsp3) is 0.517. The predicted octanol–water partition coefficient (Wildman–Crippen LogP) is 2.46. The highest BCUT2D eigenvalue weighted by Crippen LogP contribution is 2.46. The maximum absolute atomic E-state index is 14.1. The minimum atomic E-state index is -4.46. The molecular formula is C29H42N7O8P. The molecule has 0 amide bonds. The van der Waals surface area contributed by atoms with Crippen LogP contribution in [0.3, 0.4) is 0 Å². The van der Waals surface area contributed by atoms with Crippen molar-refractivity contribution in [2.45, 2.75) is 70.6 Å². The SMILES string of the molecule is CO[C@](C#N)(COP(=O)(N[C@@H](C)C(=O)OCCN(C(C)C)C(C)C)Oc1ccccc1)[C@@H](O)[C@@H](O)c1ccc2c(N)ncnn12. The number of nitrogen functional groups attached to an aromatic ring is 1. The molecule has 1 unspecified atom stereocenters. The van der Waals surface area contributed by atoms with Gasteiger partial charge in [-0.2, -0.15) is 15.4 Å². The van der Waals surface area contributed by atoms with Crippen molar-refractivity contribution in [1.29, 1.82) is 5.26 Å². The zero-order chi connectivity index (χ0) is 33.4. The van der Waals surface area contributed by atoms with E-state index in [0.717, 1.165) is 7.11 Å². The number of nitrogens with zero attached hydrogens (tertiary/aromatic N) is 5. The van der Waals surface area contributed by atoms with Crippen LogP contribution in [0.15, 0.2) is 48.8 Å². The Morgan fingerprint density at radius 3 is 2.42 bits per heavy atom. The minimum Gasteiger partial charge on any atom is -0.463 e. The fourth-order valence-electron chi connectivity index (χ4n) is 4.69. The van der Waals surface area contributed by atoms with Crippen LogP contribution in [0.2, 0.25) is 0 Å². The van der Waals surface area contributed by atoms with Crippen LogP contribution >= 0.6 is 7.75 Å². The van der Waals surface area contributed by atoms with Crippen LogP contribution in [0, 0.1) is 11.3 Å². The molecule has 2 aromatic heterocycles. The number of aromatic nitrogens is 3. The third-order valence-electron chi connectivity index (χ3n) is 7.19. The van der Waals surface area contributed by atoms with Gasteiger partial charge in [0.2, 0.25) is 5.60 Å². The van der Waals surface area contributed by atoms with E-state index < -0.39 is 44.2 Å². The summed E-state index contributed by atoms with van der Waals surface area (Å²) < 4.78 is 37.4. The van der Waals surface area contributed by atoms with E-state index in [4.69, 9.17) is 24.3 Å². The lowest BCUT2D eigenvalue weighted by molar-refractivity contribution is -0.146.